The van der Waals surface area contributed by atoms with E-state index in [0.717, 1.165) is 55.4 Å². The lowest BCUT2D eigenvalue weighted by atomic mass is 9.77. The fourth-order valence-electron chi connectivity index (χ4n) is 6.13. The van der Waals surface area contributed by atoms with Crippen molar-refractivity contribution in [2.75, 3.05) is 16.8 Å². The van der Waals surface area contributed by atoms with Crippen molar-refractivity contribution < 1.29 is 37.0 Å². The molecule has 0 bridgehead atoms. The normalized spacial score (nSPS) is 20.2. The van der Waals surface area contributed by atoms with E-state index in [2.05, 4.69) is 17.4 Å². The number of nitrogens with one attached hydrogen (secondary N) is 1. The maximum absolute atomic E-state index is 13.6. The molecule has 1 unspecified atom stereocenters. The number of fused-ring (bicyclic) bond motifs is 1. The summed E-state index contributed by atoms with van der Waals surface area (Å²) in [6.07, 6.45) is 0.185. The third-order valence-electron chi connectivity index (χ3n) is 8.34. The summed E-state index contributed by atoms with van der Waals surface area (Å²) < 4.78 is 60.4. The molecular formula is C33H34F4N2O4. The van der Waals surface area contributed by atoms with Crippen LogP contribution >= 0.6 is 0 Å². The highest BCUT2D eigenvalue weighted by atomic mass is 19.4. The number of halogens is 4. The highest BCUT2D eigenvalue weighted by molar-refractivity contribution is 6.03. The first-order chi connectivity index (χ1) is 20.5. The van der Waals surface area contributed by atoms with Gasteiger partial charge in [-0.15, -0.1) is 0 Å². The number of rotatable bonds is 7. The Hall–Kier alpha value is -4.08. The van der Waals surface area contributed by atoms with Crippen molar-refractivity contribution in [3.05, 3.63) is 77.6 Å². The Balaban J connectivity index is 1.35. The van der Waals surface area contributed by atoms with Gasteiger partial charge in [-0.2, -0.15) is 13.2 Å². The van der Waals surface area contributed by atoms with E-state index in [9.17, 15) is 27.2 Å². The average Bonchev–Trinajstić information content (AvgIpc) is 2.97. The smallest absolute Gasteiger partial charge is 0.418 e. The SMILES string of the molecule is CCCC1CN(C(=O)Nc2ccc(F)cc2C(F)(F)F)c2ccc(-c3ccc(C4CCC(CC(=O)O)CC4)cc3)cc2O1. The number of urea groups is 1. The van der Waals surface area contributed by atoms with Gasteiger partial charge in [-0.3, -0.25) is 9.69 Å². The lowest BCUT2D eigenvalue weighted by Crippen LogP contribution is -2.45. The van der Waals surface area contributed by atoms with Crippen LogP contribution in [0, 0.1) is 11.7 Å². The predicted octanol–water partition coefficient (Wildman–Crippen LogP) is 8.86. The summed E-state index contributed by atoms with van der Waals surface area (Å²) in [7, 11) is 0. The first-order valence-electron chi connectivity index (χ1n) is 14.6. The maximum atomic E-state index is 13.6. The van der Waals surface area contributed by atoms with Crippen molar-refractivity contribution in [2.45, 2.75) is 70.1 Å². The van der Waals surface area contributed by atoms with Crippen LogP contribution in [0.3, 0.4) is 0 Å². The minimum atomic E-state index is -4.84. The fraction of sp³-hybridized carbons (Fsp3) is 0.394. The fourth-order valence-corrected chi connectivity index (χ4v) is 6.13. The summed E-state index contributed by atoms with van der Waals surface area (Å²) in [5, 5.41) is 11.4. The molecule has 0 aromatic heterocycles. The molecule has 1 atom stereocenters. The van der Waals surface area contributed by atoms with Gasteiger partial charge in [-0.1, -0.05) is 43.7 Å². The van der Waals surface area contributed by atoms with Gasteiger partial charge < -0.3 is 15.2 Å². The number of aliphatic carboxylic acids is 1. The molecule has 1 heterocycles. The molecule has 5 rings (SSSR count). The second-order valence-electron chi connectivity index (χ2n) is 11.4. The number of benzene rings is 3. The van der Waals surface area contributed by atoms with Crippen LogP contribution in [0.4, 0.5) is 33.7 Å². The molecule has 1 saturated carbocycles. The van der Waals surface area contributed by atoms with E-state index >= 15 is 0 Å². The number of nitrogens with zero attached hydrogens (tertiary/aromatic N) is 1. The molecule has 3 aromatic rings. The molecule has 3 aromatic carbocycles. The molecule has 43 heavy (non-hydrogen) atoms. The van der Waals surface area contributed by atoms with E-state index in [1.807, 2.05) is 31.2 Å². The van der Waals surface area contributed by atoms with Crippen molar-refractivity contribution in [3.63, 3.8) is 0 Å². The number of hydrogen-bond donors (Lipinski definition) is 2. The summed E-state index contributed by atoms with van der Waals surface area (Å²) in [6.45, 7) is 2.13. The van der Waals surface area contributed by atoms with Gasteiger partial charge in [-0.05, 0) is 91.0 Å². The Morgan fingerprint density at radius 2 is 1.67 bits per heavy atom. The van der Waals surface area contributed by atoms with Gasteiger partial charge in [0.05, 0.1) is 23.5 Å². The quantitative estimate of drug-likeness (QED) is 0.266. The Bertz CT molecular complexity index is 1470. The van der Waals surface area contributed by atoms with Crippen molar-refractivity contribution >= 4 is 23.4 Å². The Morgan fingerprint density at radius 3 is 2.33 bits per heavy atom. The van der Waals surface area contributed by atoms with E-state index in [4.69, 9.17) is 9.84 Å². The zero-order valence-corrected chi connectivity index (χ0v) is 23.8. The average molecular weight is 599 g/mol. The number of carboxylic acid groups (broad SMARTS) is 1. The lowest BCUT2D eigenvalue weighted by Gasteiger charge is -2.35. The molecule has 1 fully saturated rings. The number of ether oxygens (including phenoxy) is 1. The van der Waals surface area contributed by atoms with Crippen molar-refractivity contribution in [3.8, 4) is 16.9 Å². The molecule has 1 aliphatic carbocycles. The van der Waals surface area contributed by atoms with E-state index in [0.29, 0.717) is 29.8 Å². The van der Waals surface area contributed by atoms with Gasteiger partial charge in [-0.25, -0.2) is 9.18 Å². The summed E-state index contributed by atoms with van der Waals surface area (Å²) >= 11 is 0. The lowest BCUT2D eigenvalue weighted by molar-refractivity contribution is -0.138. The Morgan fingerprint density at radius 1 is 0.977 bits per heavy atom. The van der Waals surface area contributed by atoms with E-state index < -0.39 is 35.2 Å². The van der Waals surface area contributed by atoms with Crippen LogP contribution in [-0.4, -0.2) is 29.8 Å². The molecule has 1 aliphatic heterocycles. The van der Waals surface area contributed by atoms with Crippen LogP contribution in [0.25, 0.3) is 11.1 Å². The van der Waals surface area contributed by atoms with Crippen molar-refractivity contribution in [2.24, 2.45) is 5.92 Å². The number of alkyl halides is 3. The van der Waals surface area contributed by atoms with Gasteiger partial charge >= 0.3 is 18.2 Å². The molecule has 2 amide bonds. The summed E-state index contributed by atoms with van der Waals surface area (Å²) in [4.78, 5) is 25.7. The van der Waals surface area contributed by atoms with Crippen LogP contribution in [0.1, 0.15) is 68.9 Å². The molecule has 0 radical (unpaired) electrons. The van der Waals surface area contributed by atoms with Crippen LogP contribution in [0.5, 0.6) is 5.75 Å². The topological polar surface area (TPSA) is 78.9 Å². The molecule has 2 N–H and O–H groups in total. The van der Waals surface area contributed by atoms with Crippen LogP contribution in [0.2, 0.25) is 0 Å². The molecule has 0 saturated heterocycles. The molecule has 228 valence electrons. The Labute approximate surface area is 247 Å². The number of carboxylic acids is 1. The second kappa shape index (κ2) is 12.7. The molecule has 10 heteroatoms. The van der Waals surface area contributed by atoms with Crippen LogP contribution in [-0.2, 0) is 11.0 Å². The third-order valence-corrected chi connectivity index (χ3v) is 8.34. The Kier molecular flexibility index (Phi) is 8.94. The van der Waals surface area contributed by atoms with E-state index in [-0.39, 0.29) is 25.0 Å². The number of anilines is 2. The minimum absolute atomic E-state index is 0.151. The zero-order chi connectivity index (χ0) is 30.7. The van der Waals surface area contributed by atoms with Crippen molar-refractivity contribution in [1.82, 2.24) is 0 Å². The largest absolute Gasteiger partial charge is 0.486 e. The standard InChI is InChI=1S/C33H34F4N2O4/c1-2-3-26-19-39(32(42)38-28-14-13-25(34)18-27(28)33(35,36)37)29-15-12-24(17-30(29)43-26)23-10-8-22(9-11-23)21-6-4-20(5-7-21)16-31(40)41/h8-15,17-18,20-21,26H,2-7,16,19H2,1H3,(H,38,42)(H,40,41). The molecule has 0 spiro atoms. The number of amides is 2. The van der Waals surface area contributed by atoms with Crippen molar-refractivity contribution in [1.29, 1.82) is 0 Å². The number of carbonyl (C=O) groups is 2. The van der Waals surface area contributed by atoms with Crippen LogP contribution in [0.15, 0.2) is 60.7 Å². The highest BCUT2D eigenvalue weighted by Gasteiger charge is 2.36. The number of carbonyl (C=O) groups excluding carboxylic acids is 1. The van der Waals surface area contributed by atoms with Gasteiger partial charge in [0, 0.05) is 6.42 Å². The van der Waals surface area contributed by atoms with Crippen LogP contribution < -0.4 is 15.0 Å². The summed E-state index contributed by atoms with van der Waals surface area (Å²) in [6, 6.07) is 15.0. The predicted molar refractivity (Wildman–Crippen MR) is 156 cm³/mol. The van der Waals surface area contributed by atoms with E-state index in [1.165, 1.54) is 10.5 Å². The second-order valence-corrected chi connectivity index (χ2v) is 11.4. The monoisotopic (exact) mass is 598 g/mol. The minimum Gasteiger partial charge on any atom is -0.486 e. The third kappa shape index (κ3) is 7.12. The summed E-state index contributed by atoms with van der Waals surface area (Å²) in [5.41, 5.74) is 1.68. The van der Waals surface area contributed by atoms with Gasteiger partial charge in [0.15, 0.2) is 0 Å². The van der Waals surface area contributed by atoms with E-state index in [1.54, 1.807) is 6.07 Å². The van der Waals surface area contributed by atoms with Gasteiger partial charge in [0.2, 0.25) is 0 Å². The first-order valence-corrected chi connectivity index (χ1v) is 14.6. The zero-order valence-electron chi connectivity index (χ0n) is 23.8. The highest BCUT2D eigenvalue weighted by Crippen LogP contribution is 2.41. The summed E-state index contributed by atoms with van der Waals surface area (Å²) in [5.74, 6) is -0.701. The maximum Gasteiger partial charge on any atom is 0.418 e. The molecule has 2 aliphatic rings. The first kappa shape index (κ1) is 30.4. The van der Waals surface area contributed by atoms with Gasteiger partial charge in [0.25, 0.3) is 0 Å². The number of hydrogen-bond acceptors (Lipinski definition) is 3. The van der Waals surface area contributed by atoms with Gasteiger partial charge in [0.1, 0.15) is 17.7 Å². The molecule has 6 nitrogen and oxygen atoms in total. The molecular weight excluding hydrogens is 564 g/mol.